The fourth-order valence-corrected chi connectivity index (χ4v) is 3.24. The highest BCUT2D eigenvalue weighted by molar-refractivity contribution is 7.14. The molecule has 0 saturated carbocycles. The van der Waals surface area contributed by atoms with Crippen LogP contribution in [0.5, 0.6) is 0 Å². The van der Waals surface area contributed by atoms with Gasteiger partial charge in [0.1, 0.15) is 5.01 Å². The predicted molar refractivity (Wildman–Crippen MR) is 83.7 cm³/mol. The minimum atomic E-state index is -1.01. The van der Waals surface area contributed by atoms with Crippen molar-refractivity contribution < 1.29 is 14.7 Å². The number of carbonyl (C=O) groups excluding carboxylic acids is 1. The summed E-state index contributed by atoms with van der Waals surface area (Å²) in [5, 5.41) is 14.3. The molecule has 2 heterocycles. The summed E-state index contributed by atoms with van der Waals surface area (Å²) in [5.74, 6) is -1.20. The number of hydrogen-bond donors (Lipinski definition) is 2. The number of carboxylic acids is 1. The van der Waals surface area contributed by atoms with Crippen molar-refractivity contribution in [3.63, 3.8) is 0 Å². The molecule has 0 saturated heterocycles. The van der Waals surface area contributed by atoms with Crippen LogP contribution in [0.4, 0.5) is 0 Å². The van der Waals surface area contributed by atoms with Crippen LogP contribution in [0.3, 0.4) is 0 Å². The van der Waals surface area contributed by atoms with Crippen LogP contribution in [0.15, 0.2) is 23.6 Å². The summed E-state index contributed by atoms with van der Waals surface area (Å²) >= 11 is 2.76. The Morgan fingerprint density at radius 1 is 1.43 bits per heavy atom. The Balaban J connectivity index is 2.02. The standard InChI is InChI=1S/C14H14N2O3S2/c1-8-7-20-14(15-8)9(2)16-13(19)11-5-3-10(21-11)4-6-12(17)18/h3-7,9H,1-2H3,(H,16,19)(H,17,18). The number of nitrogens with zero attached hydrogens (tertiary/aromatic N) is 1. The van der Waals surface area contributed by atoms with E-state index < -0.39 is 5.97 Å². The third-order valence-corrected chi connectivity index (χ3v) is 4.79. The Hall–Kier alpha value is -1.99. The normalized spacial score (nSPS) is 12.5. The van der Waals surface area contributed by atoms with Crippen LogP contribution in [0.25, 0.3) is 6.08 Å². The summed E-state index contributed by atoms with van der Waals surface area (Å²) in [6.45, 7) is 3.80. The van der Waals surface area contributed by atoms with Crippen molar-refractivity contribution in [1.29, 1.82) is 0 Å². The lowest BCUT2D eigenvalue weighted by atomic mass is 10.3. The molecule has 2 aromatic rings. The maximum absolute atomic E-state index is 12.1. The third kappa shape index (κ3) is 4.24. The summed E-state index contributed by atoms with van der Waals surface area (Å²) in [6.07, 6.45) is 2.52. The lowest BCUT2D eigenvalue weighted by Gasteiger charge is -2.09. The van der Waals surface area contributed by atoms with Crippen molar-refractivity contribution in [3.05, 3.63) is 44.0 Å². The zero-order valence-electron chi connectivity index (χ0n) is 11.5. The molecule has 0 aliphatic rings. The molecule has 0 aliphatic carbocycles. The smallest absolute Gasteiger partial charge is 0.328 e. The van der Waals surface area contributed by atoms with E-state index in [-0.39, 0.29) is 11.9 Å². The van der Waals surface area contributed by atoms with Gasteiger partial charge < -0.3 is 10.4 Å². The van der Waals surface area contributed by atoms with E-state index in [0.717, 1.165) is 21.7 Å². The molecule has 2 rings (SSSR count). The number of aliphatic carboxylic acids is 1. The summed E-state index contributed by atoms with van der Waals surface area (Å²) in [6, 6.07) is 3.25. The third-order valence-electron chi connectivity index (χ3n) is 2.60. The Morgan fingerprint density at radius 2 is 2.19 bits per heavy atom. The second-order valence-electron chi connectivity index (χ2n) is 4.40. The summed E-state index contributed by atoms with van der Waals surface area (Å²) in [5.41, 5.74) is 0.938. The van der Waals surface area contributed by atoms with Gasteiger partial charge in [-0.05, 0) is 32.1 Å². The quantitative estimate of drug-likeness (QED) is 0.829. The number of amides is 1. The summed E-state index contributed by atoms with van der Waals surface area (Å²) in [4.78, 5) is 28.2. The van der Waals surface area contributed by atoms with E-state index in [2.05, 4.69) is 10.3 Å². The maximum atomic E-state index is 12.1. The number of carboxylic acid groups (broad SMARTS) is 1. The highest BCUT2D eigenvalue weighted by Gasteiger charge is 2.15. The molecule has 0 radical (unpaired) electrons. The average molecular weight is 322 g/mol. The fraction of sp³-hybridized carbons (Fsp3) is 0.214. The molecule has 0 aliphatic heterocycles. The molecule has 0 spiro atoms. The molecule has 5 nitrogen and oxygen atoms in total. The van der Waals surface area contributed by atoms with Crippen LogP contribution in [0, 0.1) is 6.92 Å². The van der Waals surface area contributed by atoms with Gasteiger partial charge in [-0.25, -0.2) is 9.78 Å². The van der Waals surface area contributed by atoms with Crippen molar-refractivity contribution in [3.8, 4) is 0 Å². The number of aromatic nitrogens is 1. The molecular weight excluding hydrogens is 308 g/mol. The zero-order chi connectivity index (χ0) is 15.4. The highest BCUT2D eigenvalue weighted by atomic mass is 32.1. The molecule has 7 heteroatoms. The van der Waals surface area contributed by atoms with Crippen LogP contribution in [0.1, 0.15) is 38.2 Å². The van der Waals surface area contributed by atoms with Crippen LogP contribution in [-0.2, 0) is 4.79 Å². The number of thiazole rings is 1. The molecular formula is C14H14N2O3S2. The van der Waals surface area contributed by atoms with Gasteiger partial charge in [-0.15, -0.1) is 22.7 Å². The zero-order valence-corrected chi connectivity index (χ0v) is 13.1. The molecule has 0 aromatic carbocycles. The van der Waals surface area contributed by atoms with E-state index in [1.165, 1.54) is 28.7 Å². The van der Waals surface area contributed by atoms with Gasteiger partial charge in [-0.1, -0.05) is 0 Å². The maximum Gasteiger partial charge on any atom is 0.328 e. The first-order valence-electron chi connectivity index (χ1n) is 6.19. The number of rotatable bonds is 5. The minimum Gasteiger partial charge on any atom is -0.478 e. The molecule has 2 aromatic heterocycles. The largest absolute Gasteiger partial charge is 0.478 e. The second-order valence-corrected chi connectivity index (χ2v) is 6.40. The van der Waals surface area contributed by atoms with Gasteiger partial charge in [-0.3, -0.25) is 4.79 Å². The first kappa shape index (κ1) is 15.4. The first-order chi connectivity index (χ1) is 9.95. The highest BCUT2D eigenvalue weighted by Crippen LogP contribution is 2.21. The number of thiophene rings is 1. The van der Waals surface area contributed by atoms with Gasteiger partial charge in [0.15, 0.2) is 0 Å². The SMILES string of the molecule is Cc1csc(C(C)NC(=O)c2ccc(C=CC(=O)O)s2)n1. The Labute approximate surface area is 130 Å². The predicted octanol–water partition coefficient (Wildman–Crippen LogP) is 3.10. The van der Waals surface area contributed by atoms with Crippen molar-refractivity contribution in [1.82, 2.24) is 10.3 Å². The number of hydrogen-bond acceptors (Lipinski definition) is 5. The Morgan fingerprint density at radius 3 is 2.81 bits per heavy atom. The van der Waals surface area contributed by atoms with Crippen LogP contribution < -0.4 is 5.32 Å². The number of aryl methyl sites for hydroxylation is 1. The van der Waals surface area contributed by atoms with Crippen molar-refractivity contribution in [2.24, 2.45) is 0 Å². The van der Waals surface area contributed by atoms with E-state index >= 15 is 0 Å². The molecule has 21 heavy (non-hydrogen) atoms. The van der Waals surface area contributed by atoms with E-state index in [0.29, 0.717) is 4.88 Å². The Kier molecular flexibility index (Phi) is 4.87. The number of nitrogens with one attached hydrogen (secondary N) is 1. The van der Waals surface area contributed by atoms with Gasteiger partial charge in [-0.2, -0.15) is 0 Å². The average Bonchev–Trinajstić information content (AvgIpc) is 3.05. The van der Waals surface area contributed by atoms with Gasteiger partial charge >= 0.3 is 5.97 Å². The molecule has 1 unspecified atom stereocenters. The van der Waals surface area contributed by atoms with Crippen LogP contribution in [0.2, 0.25) is 0 Å². The van der Waals surface area contributed by atoms with E-state index in [1.54, 1.807) is 12.1 Å². The molecule has 110 valence electrons. The molecule has 0 bridgehead atoms. The Bertz CT molecular complexity index is 688. The number of carbonyl (C=O) groups is 2. The molecule has 1 atom stereocenters. The van der Waals surface area contributed by atoms with E-state index in [1.807, 2.05) is 19.2 Å². The van der Waals surface area contributed by atoms with Crippen molar-refractivity contribution in [2.75, 3.05) is 0 Å². The van der Waals surface area contributed by atoms with Gasteiger partial charge in [0.25, 0.3) is 5.91 Å². The molecule has 1 amide bonds. The molecule has 0 fully saturated rings. The van der Waals surface area contributed by atoms with Gasteiger partial charge in [0, 0.05) is 22.0 Å². The van der Waals surface area contributed by atoms with Crippen LogP contribution >= 0.6 is 22.7 Å². The van der Waals surface area contributed by atoms with E-state index in [9.17, 15) is 9.59 Å². The lowest BCUT2D eigenvalue weighted by molar-refractivity contribution is -0.131. The topological polar surface area (TPSA) is 79.3 Å². The fourth-order valence-electron chi connectivity index (χ4n) is 1.62. The summed E-state index contributed by atoms with van der Waals surface area (Å²) in [7, 11) is 0. The lowest BCUT2D eigenvalue weighted by Crippen LogP contribution is -2.25. The van der Waals surface area contributed by atoms with Gasteiger partial charge in [0.05, 0.1) is 10.9 Å². The second kappa shape index (κ2) is 6.64. The van der Waals surface area contributed by atoms with Crippen molar-refractivity contribution in [2.45, 2.75) is 19.9 Å². The molecule has 2 N–H and O–H groups in total. The van der Waals surface area contributed by atoms with Crippen molar-refractivity contribution >= 4 is 40.6 Å². The monoisotopic (exact) mass is 322 g/mol. The van der Waals surface area contributed by atoms with Crippen LogP contribution in [-0.4, -0.2) is 22.0 Å². The summed E-state index contributed by atoms with van der Waals surface area (Å²) < 4.78 is 0. The van der Waals surface area contributed by atoms with Gasteiger partial charge in [0.2, 0.25) is 0 Å². The first-order valence-corrected chi connectivity index (χ1v) is 7.89. The van der Waals surface area contributed by atoms with E-state index in [4.69, 9.17) is 5.11 Å². The minimum absolute atomic E-state index is 0.156.